The number of hydrogen-bond acceptors (Lipinski definition) is 7. The number of benzene rings is 1. The van der Waals surface area contributed by atoms with Crippen LogP contribution in [0.3, 0.4) is 0 Å². The monoisotopic (exact) mass is 440 g/mol. The van der Waals surface area contributed by atoms with Crippen molar-refractivity contribution in [3.05, 3.63) is 53.1 Å². The summed E-state index contributed by atoms with van der Waals surface area (Å²) in [6, 6.07) is 14.8. The van der Waals surface area contributed by atoms with Crippen molar-refractivity contribution in [3.63, 3.8) is 0 Å². The van der Waals surface area contributed by atoms with Gasteiger partial charge in [-0.15, -0.1) is 0 Å². The minimum Gasteiger partial charge on any atom is -0.473 e. The number of anilines is 2. The van der Waals surface area contributed by atoms with Crippen LogP contribution >= 0.6 is 0 Å². The fourth-order valence-corrected chi connectivity index (χ4v) is 3.59. The summed E-state index contributed by atoms with van der Waals surface area (Å²) in [5.41, 5.74) is 2.97. The Kier molecular flexibility index (Phi) is 9.44. The molecule has 3 rings (SSSR count). The van der Waals surface area contributed by atoms with E-state index >= 15 is 0 Å². The highest BCUT2D eigenvalue weighted by Gasteiger charge is 2.23. The van der Waals surface area contributed by atoms with Crippen molar-refractivity contribution in [2.24, 2.45) is 5.92 Å². The number of carboxylic acids is 2. The molecule has 0 aliphatic carbocycles. The summed E-state index contributed by atoms with van der Waals surface area (Å²) < 4.78 is 0. The fourth-order valence-electron chi connectivity index (χ4n) is 3.59. The van der Waals surface area contributed by atoms with Crippen LogP contribution < -0.4 is 10.2 Å². The minimum atomic E-state index is -1.82. The number of aliphatic hydroxyl groups is 1. The molecule has 0 amide bonds. The molecule has 1 aromatic heterocycles. The van der Waals surface area contributed by atoms with Crippen molar-refractivity contribution in [2.45, 2.75) is 26.2 Å². The second kappa shape index (κ2) is 12.3. The summed E-state index contributed by atoms with van der Waals surface area (Å²) in [7, 11) is 0. The van der Waals surface area contributed by atoms with Crippen LogP contribution in [0.4, 0.5) is 11.6 Å². The van der Waals surface area contributed by atoms with Gasteiger partial charge >= 0.3 is 11.9 Å². The number of nitriles is 1. The van der Waals surface area contributed by atoms with Gasteiger partial charge in [-0.25, -0.2) is 14.6 Å². The van der Waals surface area contributed by atoms with E-state index in [1.165, 1.54) is 5.56 Å². The molecule has 0 saturated carbocycles. The highest BCUT2D eigenvalue weighted by Crippen LogP contribution is 2.29. The number of aryl methyl sites for hydroxylation is 1. The molecule has 1 aromatic carbocycles. The topological polar surface area (TPSA) is 147 Å². The number of pyridine rings is 1. The van der Waals surface area contributed by atoms with E-state index in [-0.39, 0.29) is 6.61 Å². The van der Waals surface area contributed by atoms with Crippen molar-refractivity contribution in [1.29, 1.82) is 5.26 Å². The molecule has 1 saturated heterocycles. The van der Waals surface area contributed by atoms with E-state index in [1.807, 2.05) is 13.0 Å². The standard InChI is InChI=1S/C21H26N4O.C2H2O4/c1-16-13-20(23-9-12-26)24-21(19(16)15-22)25-10-7-18(8-11-25)14-17-5-3-2-4-6-17;3-1(4)2(5)6/h2-6,13,18,26H,7-12,14H2,1H3,(H,23,24);(H,3,4)(H,5,6). The lowest BCUT2D eigenvalue weighted by Gasteiger charge is -2.33. The van der Waals surface area contributed by atoms with E-state index in [0.29, 0.717) is 18.0 Å². The maximum atomic E-state index is 9.57. The van der Waals surface area contributed by atoms with Gasteiger partial charge in [0.05, 0.1) is 12.2 Å². The lowest BCUT2D eigenvalue weighted by molar-refractivity contribution is -0.159. The number of aromatic nitrogens is 1. The number of aliphatic hydroxyl groups excluding tert-OH is 1. The van der Waals surface area contributed by atoms with Crippen LogP contribution in [0.2, 0.25) is 0 Å². The van der Waals surface area contributed by atoms with Gasteiger partial charge in [0.15, 0.2) is 0 Å². The first-order valence-electron chi connectivity index (χ1n) is 10.4. The van der Waals surface area contributed by atoms with Crippen molar-refractivity contribution >= 4 is 23.6 Å². The van der Waals surface area contributed by atoms with Gasteiger partial charge < -0.3 is 25.5 Å². The Balaban J connectivity index is 0.000000534. The molecule has 1 fully saturated rings. The molecule has 9 nitrogen and oxygen atoms in total. The quantitative estimate of drug-likeness (QED) is 0.497. The number of piperidine rings is 1. The van der Waals surface area contributed by atoms with Gasteiger partial charge in [-0.1, -0.05) is 30.3 Å². The van der Waals surface area contributed by atoms with Crippen LogP contribution in [0.15, 0.2) is 36.4 Å². The van der Waals surface area contributed by atoms with Gasteiger partial charge in [-0.3, -0.25) is 0 Å². The number of rotatable bonds is 6. The molecule has 1 aliphatic rings. The maximum Gasteiger partial charge on any atom is 0.414 e. The molecular formula is C23H28N4O5. The molecule has 0 atom stereocenters. The van der Waals surface area contributed by atoms with Gasteiger partial charge in [-0.05, 0) is 49.3 Å². The van der Waals surface area contributed by atoms with Gasteiger partial charge in [0.25, 0.3) is 0 Å². The maximum absolute atomic E-state index is 9.57. The second-order valence-corrected chi connectivity index (χ2v) is 7.52. The summed E-state index contributed by atoms with van der Waals surface area (Å²) in [6.07, 6.45) is 3.33. The Bertz CT molecular complexity index is 939. The van der Waals surface area contributed by atoms with Crippen molar-refractivity contribution in [1.82, 2.24) is 4.98 Å². The van der Waals surface area contributed by atoms with Crippen LogP contribution in [-0.4, -0.2) is 58.5 Å². The van der Waals surface area contributed by atoms with Crippen LogP contribution in [-0.2, 0) is 16.0 Å². The smallest absolute Gasteiger partial charge is 0.414 e. The molecule has 0 radical (unpaired) electrons. The van der Waals surface area contributed by atoms with E-state index in [2.05, 4.69) is 51.6 Å². The molecule has 9 heteroatoms. The number of aliphatic carboxylic acids is 2. The molecule has 32 heavy (non-hydrogen) atoms. The van der Waals surface area contributed by atoms with Crippen molar-refractivity contribution < 1.29 is 24.9 Å². The lowest BCUT2D eigenvalue weighted by Crippen LogP contribution is -2.35. The third-order valence-corrected chi connectivity index (χ3v) is 5.19. The summed E-state index contributed by atoms with van der Waals surface area (Å²) in [6.45, 7) is 4.29. The van der Waals surface area contributed by atoms with Crippen LogP contribution in [0.1, 0.15) is 29.5 Å². The molecule has 2 heterocycles. The molecular weight excluding hydrogens is 412 g/mol. The van der Waals surface area contributed by atoms with E-state index in [4.69, 9.17) is 24.9 Å². The summed E-state index contributed by atoms with van der Waals surface area (Å²) in [5, 5.41) is 36.5. The SMILES string of the molecule is Cc1cc(NCCO)nc(N2CCC(Cc3ccccc3)CC2)c1C#N.O=C(O)C(=O)O. The Morgan fingerprint density at radius 3 is 2.34 bits per heavy atom. The number of carbonyl (C=O) groups is 2. The van der Waals surface area contributed by atoms with E-state index in [9.17, 15) is 5.26 Å². The van der Waals surface area contributed by atoms with Gasteiger partial charge in [0.1, 0.15) is 17.7 Å². The average Bonchev–Trinajstić information content (AvgIpc) is 2.79. The molecule has 2 aromatic rings. The second-order valence-electron chi connectivity index (χ2n) is 7.52. The van der Waals surface area contributed by atoms with Crippen LogP contribution in [0, 0.1) is 24.2 Å². The highest BCUT2D eigenvalue weighted by molar-refractivity contribution is 6.27. The Labute approximate surface area is 186 Å². The van der Waals surface area contributed by atoms with Crippen LogP contribution in [0.5, 0.6) is 0 Å². The molecule has 0 spiro atoms. The zero-order valence-corrected chi connectivity index (χ0v) is 18.0. The molecule has 0 bridgehead atoms. The predicted octanol–water partition coefficient (Wildman–Crippen LogP) is 2.28. The van der Waals surface area contributed by atoms with Gasteiger partial charge in [0.2, 0.25) is 0 Å². The zero-order valence-electron chi connectivity index (χ0n) is 18.0. The largest absolute Gasteiger partial charge is 0.473 e. The molecule has 4 N–H and O–H groups in total. The molecule has 0 unspecified atom stereocenters. The van der Waals surface area contributed by atoms with Crippen molar-refractivity contribution in [3.8, 4) is 6.07 Å². The highest BCUT2D eigenvalue weighted by atomic mass is 16.4. The van der Waals surface area contributed by atoms with Crippen LogP contribution in [0.25, 0.3) is 0 Å². The third kappa shape index (κ3) is 7.25. The minimum absolute atomic E-state index is 0.0565. The summed E-state index contributed by atoms with van der Waals surface area (Å²) in [4.78, 5) is 25.1. The average molecular weight is 441 g/mol. The number of hydrogen-bond donors (Lipinski definition) is 4. The first-order valence-corrected chi connectivity index (χ1v) is 10.4. The fraction of sp³-hybridized carbons (Fsp3) is 0.391. The third-order valence-electron chi connectivity index (χ3n) is 5.19. The summed E-state index contributed by atoms with van der Waals surface area (Å²) >= 11 is 0. The Morgan fingerprint density at radius 2 is 1.81 bits per heavy atom. The van der Waals surface area contributed by atoms with E-state index in [0.717, 1.165) is 49.6 Å². The van der Waals surface area contributed by atoms with Gasteiger partial charge in [0, 0.05) is 19.6 Å². The Morgan fingerprint density at radius 1 is 1.19 bits per heavy atom. The van der Waals surface area contributed by atoms with E-state index in [1.54, 1.807) is 0 Å². The molecule has 1 aliphatic heterocycles. The molecule has 170 valence electrons. The predicted molar refractivity (Wildman–Crippen MR) is 120 cm³/mol. The zero-order chi connectivity index (χ0) is 23.5. The lowest BCUT2D eigenvalue weighted by atomic mass is 9.90. The van der Waals surface area contributed by atoms with Gasteiger partial charge in [-0.2, -0.15) is 5.26 Å². The Hall–Kier alpha value is -3.64. The van der Waals surface area contributed by atoms with E-state index < -0.39 is 11.9 Å². The normalized spacial score (nSPS) is 13.5. The number of carboxylic acid groups (broad SMARTS) is 2. The van der Waals surface area contributed by atoms with Crippen molar-refractivity contribution in [2.75, 3.05) is 36.5 Å². The number of nitrogens with one attached hydrogen (secondary N) is 1. The first kappa shape index (κ1) is 24.6. The number of nitrogens with zero attached hydrogens (tertiary/aromatic N) is 3. The summed E-state index contributed by atoms with van der Waals surface area (Å²) in [5.74, 6) is -1.48. The first-order chi connectivity index (χ1) is 15.3.